The van der Waals surface area contributed by atoms with Crippen LogP contribution in [0.25, 0.3) is 0 Å². The second-order valence-electron chi connectivity index (χ2n) is 7.95. The molecule has 3 rings (SSSR count). The van der Waals surface area contributed by atoms with Gasteiger partial charge in [0.2, 0.25) is 5.91 Å². The summed E-state index contributed by atoms with van der Waals surface area (Å²) in [6.45, 7) is 8.26. The minimum absolute atomic E-state index is 0.141. The van der Waals surface area contributed by atoms with Gasteiger partial charge in [0.1, 0.15) is 5.76 Å². The Morgan fingerprint density at radius 1 is 1.52 bits per heavy atom. The number of rotatable bonds is 7. The van der Waals surface area contributed by atoms with E-state index < -0.39 is 5.41 Å². The Morgan fingerprint density at radius 3 is 3.08 bits per heavy atom. The number of aromatic nitrogens is 1. The molecule has 2 saturated heterocycles. The van der Waals surface area contributed by atoms with Crippen LogP contribution < -0.4 is 10.6 Å². The molecule has 2 fully saturated rings. The molecule has 6 heteroatoms. The van der Waals surface area contributed by atoms with Crippen molar-refractivity contribution in [1.29, 1.82) is 0 Å². The van der Waals surface area contributed by atoms with Crippen LogP contribution in [0.4, 0.5) is 0 Å². The Hall–Kier alpha value is -1.40. The van der Waals surface area contributed by atoms with Crippen LogP contribution >= 0.6 is 0 Å². The molecule has 0 aromatic carbocycles. The summed E-state index contributed by atoms with van der Waals surface area (Å²) in [5.74, 6) is 1.87. The van der Waals surface area contributed by atoms with E-state index in [-0.39, 0.29) is 5.91 Å². The molecule has 140 valence electrons. The van der Waals surface area contributed by atoms with Crippen LogP contribution in [0.3, 0.4) is 0 Å². The van der Waals surface area contributed by atoms with Crippen molar-refractivity contribution in [1.82, 2.24) is 15.8 Å². The average molecular weight is 349 g/mol. The van der Waals surface area contributed by atoms with Crippen molar-refractivity contribution in [3.8, 4) is 0 Å². The van der Waals surface area contributed by atoms with E-state index in [1.165, 1.54) is 0 Å². The smallest absolute Gasteiger partial charge is 0.227 e. The Bertz CT molecular complexity index is 558. The Labute approximate surface area is 150 Å². The number of hydrogen-bond donors (Lipinski definition) is 2. The van der Waals surface area contributed by atoms with Gasteiger partial charge in [-0.25, -0.2) is 0 Å². The zero-order valence-electron chi connectivity index (χ0n) is 15.5. The molecule has 2 aliphatic rings. The van der Waals surface area contributed by atoms with Gasteiger partial charge in [-0.15, -0.1) is 0 Å². The van der Waals surface area contributed by atoms with E-state index in [1.807, 2.05) is 6.07 Å². The Balaban J connectivity index is 1.66. The van der Waals surface area contributed by atoms with Crippen molar-refractivity contribution in [2.45, 2.75) is 51.9 Å². The van der Waals surface area contributed by atoms with E-state index in [0.29, 0.717) is 31.4 Å². The highest BCUT2D eigenvalue weighted by molar-refractivity contribution is 5.83. The predicted molar refractivity (Wildman–Crippen MR) is 95.4 cm³/mol. The van der Waals surface area contributed by atoms with Gasteiger partial charge in [0.25, 0.3) is 0 Å². The Morgan fingerprint density at radius 2 is 2.40 bits per heavy atom. The van der Waals surface area contributed by atoms with Crippen LogP contribution in [-0.2, 0) is 16.0 Å². The maximum absolute atomic E-state index is 12.9. The summed E-state index contributed by atoms with van der Waals surface area (Å²) in [7, 11) is 0. The molecule has 0 radical (unpaired) electrons. The molecule has 1 amide bonds. The first kappa shape index (κ1) is 18.4. The second-order valence-corrected chi connectivity index (χ2v) is 7.95. The first-order valence-corrected chi connectivity index (χ1v) is 9.61. The lowest BCUT2D eigenvalue weighted by molar-refractivity contribution is -0.132. The number of nitrogens with one attached hydrogen (secondary N) is 2. The summed E-state index contributed by atoms with van der Waals surface area (Å²) in [4.78, 5) is 12.9. The van der Waals surface area contributed by atoms with Gasteiger partial charge in [0, 0.05) is 38.1 Å². The molecule has 0 aliphatic carbocycles. The summed E-state index contributed by atoms with van der Waals surface area (Å²) >= 11 is 0. The van der Waals surface area contributed by atoms with E-state index in [1.54, 1.807) is 0 Å². The summed E-state index contributed by atoms with van der Waals surface area (Å²) in [6.07, 6.45) is 4.50. The largest absolute Gasteiger partial charge is 0.381 e. The standard InChI is InChI=1S/C19H31N3O3/c1-14(2)4-8-21-18(23)19(6-3-7-20-13-19)11-16-10-17(22-25-16)15-5-9-24-12-15/h10,14-15,20H,3-9,11-13H2,1-2H3,(H,21,23). The number of nitrogens with zero attached hydrogens (tertiary/aromatic N) is 1. The Kier molecular flexibility index (Phi) is 6.12. The molecule has 3 heterocycles. The summed E-state index contributed by atoms with van der Waals surface area (Å²) < 4.78 is 11.0. The number of ether oxygens (including phenoxy) is 1. The molecule has 25 heavy (non-hydrogen) atoms. The molecular formula is C19H31N3O3. The highest BCUT2D eigenvalue weighted by Gasteiger charge is 2.41. The predicted octanol–water partition coefficient (Wildman–Crippen LogP) is 2.25. The molecule has 1 aromatic rings. The van der Waals surface area contributed by atoms with Gasteiger partial charge in [0.15, 0.2) is 0 Å². The van der Waals surface area contributed by atoms with E-state index >= 15 is 0 Å². The van der Waals surface area contributed by atoms with E-state index in [9.17, 15) is 4.79 Å². The second kappa shape index (κ2) is 8.32. The van der Waals surface area contributed by atoms with Crippen molar-refractivity contribution in [3.05, 3.63) is 17.5 Å². The topological polar surface area (TPSA) is 76.4 Å². The van der Waals surface area contributed by atoms with Gasteiger partial charge in [-0.3, -0.25) is 4.79 Å². The summed E-state index contributed by atoms with van der Waals surface area (Å²) in [5.41, 5.74) is 0.532. The fourth-order valence-electron chi connectivity index (χ4n) is 3.76. The van der Waals surface area contributed by atoms with Gasteiger partial charge < -0.3 is 19.9 Å². The van der Waals surface area contributed by atoms with E-state index in [2.05, 4.69) is 29.6 Å². The van der Waals surface area contributed by atoms with Crippen molar-refractivity contribution in [2.75, 3.05) is 32.8 Å². The molecule has 1 aromatic heterocycles. The van der Waals surface area contributed by atoms with Crippen molar-refractivity contribution < 1.29 is 14.1 Å². The summed E-state index contributed by atoms with van der Waals surface area (Å²) in [6, 6.07) is 2.02. The quantitative estimate of drug-likeness (QED) is 0.790. The van der Waals surface area contributed by atoms with Crippen LogP contribution in [0.2, 0.25) is 0 Å². The fraction of sp³-hybridized carbons (Fsp3) is 0.789. The SMILES string of the molecule is CC(C)CCNC(=O)C1(Cc2cc(C3CCOC3)no2)CCCNC1. The monoisotopic (exact) mass is 349 g/mol. The highest BCUT2D eigenvalue weighted by atomic mass is 16.5. The minimum Gasteiger partial charge on any atom is -0.381 e. The first-order chi connectivity index (χ1) is 12.1. The zero-order chi connectivity index (χ0) is 17.7. The molecule has 6 nitrogen and oxygen atoms in total. The van der Waals surface area contributed by atoms with Gasteiger partial charge in [-0.1, -0.05) is 19.0 Å². The van der Waals surface area contributed by atoms with Crippen molar-refractivity contribution in [2.24, 2.45) is 11.3 Å². The van der Waals surface area contributed by atoms with Gasteiger partial charge in [-0.05, 0) is 38.1 Å². The molecule has 2 N–H and O–H groups in total. The number of carbonyl (C=O) groups excluding carboxylic acids is 1. The van der Waals surface area contributed by atoms with Gasteiger partial charge >= 0.3 is 0 Å². The average Bonchev–Trinajstić information content (AvgIpc) is 3.26. The number of amides is 1. The van der Waals surface area contributed by atoms with Gasteiger partial charge in [-0.2, -0.15) is 0 Å². The lowest BCUT2D eigenvalue weighted by Crippen LogP contribution is -2.52. The summed E-state index contributed by atoms with van der Waals surface area (Å²) in [5, 5.41) is 10.8. The fourth-order valence-corrected chi connectivity index (χ4v) is 3.76. The van der Waals surface area contributed by atoms with Crippen LogP contribution in [0, 0.1) is 11.3 Å². The molecule has 0 bridgehead atoms. The lowest BCUT2D eigenvalue weighted by atomic mass is 9.76. The highest BCUT2D eigenvalue weighted by Crippen LogP contribution is 2.33. The molecule has 0 spiro atoms. The lowest BCUT2D eigenvalue weighted by Gasteiger charge is -2.35. The van der Waals surface area contributed by atoms with Crippen LogP contribution in [0.5, 0.6) is 0 Å². The van der Waals surface area contributed by atoms with E-state index in [0.717, 1.165) is 56.8 Å². The molecule has 2 unspecified atom stereocenters. The molecule has 2 atom stereocenters. The number of hydrogen-bond acceptors (Lipinski definition) is 5. The molecule has 2 aliphatic heterocycles. The third kappa shape index (κ3) is 4.61. The van der Waals surface area contributed by atoms with Crippen molar-refractivity contribution >= 4 is 5.91 Å². The number of piperidine rings is 1. The maximum atomic E-state index is 12.9. The van der Waals surface area contributed by atoms with Crippen molar-refractivity contribution in [3.63, 3.8) is 0 Å². The third-order valence-electron chi connectivity index (χ3n) is 5.40. The first-order valence-electron chi connectivity index (χ1n) is 9.61. The minimum atomic E-state index is -0.432. The van der Waals surface area contributed by atoms with E-state index in [4.69, 9.17) is 9.26 Å². The van der Waals surface area contributed by atoms with Crippen LogP contribution in [0.15, 0.2) is 10.6 Å². The molecular weight excluding hydrogens is 318 g/mol. The van der Waals surface area contributed by atoms with Crippen LogP contribution in [0.1, 0.15) is 56.9 Å². The van der Waals surface area contributed by atoms with Gasteiger partial charge in [0.05, 0.1) is 17.7 Å². The molecule has 0 saturated carbocycles. The maximum Gasteiger partial charge on any atom is 0.227 e. The normalized spacial score (nSPS) is 26.9. The van der Waals surface area contributed by atoms with Crippen LogP contribution in [-0.4, -0.2) is 43.9 Å². The third-order valence-corrected chi connectivity index (χ3v) is 5.40. The number of carbonyl (C=O) groups is 1. The zero-order valence-corrected chi connectivity index (χ0v) is 15.5.